The van der Waals surface area contributed by atoms with Crippen molar-refractivity contribution in [3.63, 3.8) is 0 Å². The number of amides is 1. The molecule has 2 aliphatic rings. The highest BCUT2D eigenvalue weighted by Crippen LogP contribution is 2.47. The standard InChI is InChI=1S/C11H19NO4S/c1-12(9-3-6-17(14,15)7-9)10(13)11(4-5-11)8-16-2/h9H,3-8H2,1-2H3. The Morgan fingerprint density at radius 2 is 2.12 bits per heavy atom. The van der Waals surface area contributed by atoms with Crippen molar-refractivity contribution in [3.05, 3.63) is 0 Å². The number of hydrogen-bond donors (Lipinski definition) is 0. The third kappa shape index (κ3) is 2.47. The van der Waals surface area contributed by atoms with Gasteiger partial charge in [-0.15, -0.1) is 0 Å². The van der Waals surface area contributed by atoms with Gasteiger partial charge in [0.25, 0.3) is 0 Å². The fourth-order valence-corrected chi connectivity index (χ4v) is 4.24. The van der Waals surface area contributed by atoms with Gasteiger partial charge in [0.05, 0.1) is 23.5 Å². The highest BCUT2D eigenvalue weighted by atomic mass is 32.2. The van der Waals surface area contributed by atoms with Gasteiger partial charge in [0.2, 0.25) is 5.91 Å². The normalized spacial score (nSPS) is 28.9. The monoisotopic (exact) mass is 261 g/mol. The number of carbonyl (C=O) groups excluding carboxylic acids is 1. The van der Waals surface area contributed by atoms with Crippen molar-refractivity contribution in [2.75, 3.05) is 32.3 Å². The van der Waals surface area contributed by atoms with Gasteiger partial charge < -0.3 is 9.64 Å². The van der Waals surface area contributed by atoms with Crippen LogP contribution in [0.15, 0.2) is 0 Å². The van der Waals surface area contributed by atoms with E-state index < -0.39 is 9.84 Å². The molecule has 1 atom stereocenters. The Balaban J connectivity index is 2.01. The smallest absolute Gasteiger partial charge is 0.231 e. The van der Waals surface area contributed by atoms with E-state index in [4.69, 9.17) is 4.74 Å². The molecule has 0 spiro atoms. The predicted octanol–water partition coefficient (Wildman–Crippen LogP) is 0.0585. The van der Waals surface area contributed by atoms with Crippen molar-refractivity contribution < 1.29 is 17.9 Å². The molecule has 17 heavy (non-hydrogen) atoms. The number of sulfone groups is 1. The molecule has 0 N–H and O–H groups in total. The fourth-order valence-electron chi connectivity index (χ4n) is 2.47. The topological polar surface area (TPSA) is 63.7 Å². The Hall–Kier alpha value is -0.620. The second kappa shape index (κ2) is 4.24. The van der Waals surface area contributed by atoms with Crippen LogP contribution in [-0.2, 0) is 19.4 Å². The maximum absolute atomic E-state index is 12.3. The van der Waals surface area contributed by atoms with Crippen molar-refractivity contribution in [3.8, 4) is 0 Å². The summed E-state index contributed by atoms with van der Waals surface area (Å²) in [5, 5.41) is 0. The van der Waals surface area contributed by atoms with E-state index in [1.54, 1.807) is 19.1 Å². The predicted molar refractivity (Wildman–Crippen MR) is 63.4 cm³/mol. The van der Waals surface area contributed by atoms with Crippen LogP contribution in [0.1, 0.15) is 19.3 Å². The molecule has 98 valence electrons. The van der Waals surface area contributed by atoms with Gasteiger partial charge >= 0.3 is 0 Å². The van der Waals surface area contributed by atoms with Crippen molar-refractivity contribution in [1.82, 2.24) is 4.90 Å². The van der Waals surface area contributed by atoms with E-state index in [2.05, 4.69) is 0 Å². The molecular weight excluding hydrogens is 242 g/mol. The van der Waals surface area contributed by atoms with Crippen molar-refractivity contribution in [2.24, 2.45) is 5.41 Å². The SMILES string of the molecule is COCC1(C(=O)N(C)C2CCS(=O)(=O)C2)CC1. The summed E-state index contributed by atoms with van der Waals surface area (Å²) < 4.78 is 27.9. The zero-order chi connectivity index (χ0) is 12.7. The molecule has 0 aromatic heterocycles. The maximum Gasteiger partial charge on any atom is 0.231 e. The summed E-state index contributed by atoms with van der Waals surface area (Å²) >= 11 is 0. The first kappa shape index (κ1) is 12.8. The molecule has 1 aliphatic carbocycles. The minimum Gasteiger partial charge on any atom is -0.384 e. The third-order valence-electron chi connectivity index (χ3n) is 3.80. The molecule has 1 heterocycles. The first-order valence-corrected chi connectivity index (χ1v) is 7.69. The number of carbonyl (C=O) groups is 1. The van der Waals surface area contributed by atoms with Crippen LogP contribution in [-0.4, -0.2) is 57.5 Å². The van der Waals surface area contributed by atoms with Crippen molar-refractivity contribution in [1.29, 1.82) is 0 Å². The van der Waals surface area contributed by atoms with Gasteiger partial charge in [0, 0.05) is 20.2 Å². The first-order chi connectivity index (χ1) is 7.90. The van der Waals surface area contributed by atoms with Crippen LogP contribution in [0.3, 0.4) is 0 Å². The third-order valence-corrected chi connectivity index (χ3v) is 5.55. The van der Waals surface area contributed by atoms with E-state index >= 15 is 0 Å². The molecule has 5 nitrogen and oxygen atoms in total. The molecule has 1 aliphatic heterocycles. The number of nitrogens with zero attached hydrogens (tertiary/aromatic N) is 1. The van der Waals surface area contributed by atoms with Crippen LogP contribution in [0, 0.1) is 5.41 Å². The average Bonchev–Trinajstić information content (AvgIpc) is 2.95. The molecule has 2 rings (SSSR count). The largest absolute Gasteiger partial charge is 0.384 e. The second-order valence-electron chi connectivity index (χ2n) is 5.19. The number of rotatable bonds is 4. The molecule has 0 aromatic carbocycles. The molecular formula is C11H19NO4S. The van der Waals surface area contributed by atoms with Crippen LogP contribution in [0.5, 0.6) is 0 Å². The first-order valence-electron chi connectivity index (χ1n) is 5.87. The molecule has 1 unspecified atom stereocenters. The summed E-state index contributed by atoms with van der Waals surface area (Å²) in [5.74, 6) is 0.353. The molecule has 0 radical (unpaired) electrons. The summed E-state index contributed by atoms with van der Waals surface area (Å²) in [7, 11) is 0.366. The minimum absolute atomic E-state index is 0.0430. The molecule has 1 saturated heterocycles. The molecule has 0 aromatic rings. The Morgan fingerprint density at radius 3 is 2.53 bits per heavy atom. The van der Waals surface area contributed by atoms with Crippen LogP contribution in [0.4, 0.5) is 0 Å². The number of ether oxygens (including phenoxy) is 1. The maximum atomic E-state index is 12.3. The van der Waals surface area contributed by atoms with Gasteiger partial charge in [-0.2, -0.15) is 0 Å². The molecule has 1 amide bonds. The summed E-state index contributed by atoms with van der Waals surface area (Å²) in [6.45, 7) is 0.440. The van der Waals surface area contributed by atoms with Crippen LogP contribution < -0.4 is 0 Å². The van der Waals surface area contributed by atoms with Crippen molar-refractivity contribution in [2.45, 2.75) is 25.3 Å². The molecule has 6 heteroatoms. The lowest BCUT2D eigenvalue weighted by molar-refractivity contribution is -0.139. The van der Waals surface area contributed by atoms with E-state index in [1.807, 2.05) is 0 Å². The molecule has 2 fully saturated rings. The molecule has 0 bridgehead atoms. The molecule has 1 saturated carbocycles. The average molecular weight is 261 g/mol. The van der Waals surface area contributed by atoms with E-state index in [9.17, 15) is 13.2 Å². The second-order valence-corrected chi connectivity index (χ2v) is 7.41. The van der Waals surface area contributed by atoms with Crippen LogP contribution in [0.25, 0.3) is 0 Å². The number of hydrogen-bond acceptors (Lipinski definition) is 4. The van der Waals surface area contributed by atoms with Crippen molar-refractivity contribution >= 4 is 15.7 Å². The van der Waals surface area contributed by atoms with E-state index in [0.29, 0.717) is 13.0 Å². The minimum atomic E-state index is -2.94. The summed E-state index contributed by atoms with van der Waals surface area (Å²) in [4.78, 5) is 13.9. The van der Waals surface area contributed by atoms with Crippen LogP contribution in [0.2, 0.25) is 0 Å². The highest BCUT2D eigenvalue weighted by Gasteiger charge is 2.52. The lowest BCUT2D eigenvalue weighted by atomic mass is 10.1. The Morgan fingerprint density at radius 1 is 1.47 bits per heavy atom. The fraction of sp³-hybridized carbons (Fsp3) is 0.909. The Bertz CT molecular complexity index is 413. The zero-order valence-electron chi connectivity index (χ0n) is 10.3. The van der Waals surface area contributed by atoms with E-state index in [0.717, 1.165) is 12.8 Å². The van der Waals surface area contributed by atoms with Gasteiger partial charge in [-0.25, -0.2) is 8.42 Å². The van der Waals surface area contributed by atoms with Gasteiger partial charge in [0.15, 0.2) is 9.84 Å². The summed E-state index contributed by atoms with van der Waals surface area (Å²) in [6, 6.07) is -0.151. The lowest BCUT2D eigenvalue weighted by Crippen LogP contribution is -2.43. The van der Waals surface area contributed by atoms with Gasteiger partial charge in [-0.1, -0.05) is 0 Å². The quantitative estimate of drug-likeness (QED) is 0.718. The zero-order valence-corrected chi connectivity index (χ0v) is 11.1. The van der Waals surface area contributed by atoms with E-state index in [1.165, 1.54) is 0 Å². The van der Waals surface area contributed by atoms with Gasteiger partial charge in [-0.05, 0) is 19.3 Å². The van der Waals surface area contributed by atoms with Crippen LogP contribution >= 0.6 is 0 Å². The Kier molecular flexibility index (Phi) is 3.20. The van der Waals surface area contributed by atoms with Gasteiger partial charge in [0.1, 0.15) is 0 Å². The lowest BCUT2D eigenvalue weighted by Gasteiger charge is -2.27. The van der Waals surface area contributed by atoms with Gasteiger partial charge in [-0.3, -0.25) is 4.79 Å². The van der Waals surface area contributed by atoms with E-state index in [-0.39, 0.29) is 28.9 Å². The Labute approximate surface area is 102 Å². The summed E-state index contributed by atoms with van der Waals surface area (Å²) in [5.41, 5.74) is -0.365. The highest BCUT2D eigenvalue weighted by molar-refractivity contribution is 7.91. The number of methoxy groups -OCH3 is 1. The summed E-state index contributed by atoms with van der Waals surface area (Å²) in [6.07, 6.45) is 2.26.